The summed E-state index contributed by atoms with van der Waals surface area (Å²) in [5.74, 6) is 1.99. The zero-order valence-corrected chi connectivity index (χ0v) is 13.6. The number of hydrogen-bond acceptors (Lipinski definition) is 7. The number of aryl methyl sites for hydroxylation is 1. The predicted molar refractivity (Wildman–Crippen MR) is 89.3 cm³/mol. The Morgan fingerprint density at radius 2 is 2.26 bits per heavy atom. The van der Waals surface area contributed by atoms with E-state index in [9.17, 15) is 0 Å². The van der Waals surface area contributed by atoms with Crippen LogP contribution in [-0.4, -0.2) is 58.8 Å². The number of hydrogen-bond donors (Lipinski definition) is 2. The molecule has 0 spiro atoms. The first-order valence-electron chi connectivity index (χ1n) is 7.58. The van der Waals surface area contributed by atoms with Crippen molar-refractivity contribution >= 4 is 17.9 Å². The van der Waals surface area contributed by atoms with Gasteiger partial charge in [0.15, 0.2) is 5.82 Å². The summed E-state index contributed by atoms with van der Waals surface area (Å²) in [5, 5.41) is 15.0. The van der Waals surface area contributed by atoms with E-state index in [2.05, 4.69) is 27.2 Å². The lowest BCUT2D eigenvalue weighted by atomic mass is 10.2. The second-order valence-corrected chi connectivity index (χ2v) is 5.48. The molecule has 8 nitrogen and oxygen atoms in total. The summed E-state index contributed by atoms with van der Waals surface area (Å²) >= 11 is 0. The van der Waals surface area contributed by atoms with Crippen molar-refractivity contribution in [2.45, 2.75) is 13.0 Å². The standard InChI is InChI=1S/C15H21N7O/c1-10-9-23-7-6-22(10)15-11(8-16)13(17-2)19-14(20-15)12-4-5-18-21(12)3/h4-5,8,10,16H,6-7,9H2,1-3H3,(H,17,19,20)/t10-/m1/s1. The number of morpholine rings is 1. The fourth-order valence-electron chi connectivity index (χ4n) is 2.75. The third kappa shape index (κ3) is 2.77. The van der Waals surface area contributed by atoms with Crippen LogP contribution in [0.1, 0.15) is 12.5 Å². The minimum atomic E-state index is 0.196. The van der Waals surface area contributed by atoms with Gasteiger partial charge in [-0.05, 0) is 13.0 Å². The SMILES string of the molecule is CNc1nc(-c2ccnn2C)nc(N2CCOC[C@H]2C)c1C=N. The maximum absolute atomic E-state index is 7.78. The summed E-state index contributed by atoms with van der Waals surface area (Å²) in [6.07, 6.45) is 3.02. The quantitative estimate of drug-likeness (QED) is 0.822. The number of aromatic nitrogens is 4. The van der Waals surface area contributed by atoms with Crippen molar-refractivity contribution in [2.24, 2.45) is 7.05 Å². The maximum atomic E-state index is 7.78. The molecule has 0 bridgehead atoms. The van der Waals surface area contributed by atoms with E-state index in [0.717, 1.165) is 18.1 Å². The fraction of sp³-hybridized carbons (Fsp3) is 0.467. The second kappa shape index (κ2) is 6.33. The summed E-state index contributed by atoms with van der Waals surface area (Å²) in [6.45, 7) is 4.14. The average Bonchev–Trinajstić information content (AvgIpc) is 3.00. The van der Waals surface area contributed by atoms with E-state index in [1.807, 2.05) is 13.1 Å². The zero-order valence-electron chi connectivity index (χ0n) is 13.6. The normalized spacial score (nSPS) is 18.0. The van der Waals surface area contributed by atoms with E-state index in [-0.39, 0.29) is 6.04 Å². The molecule has 2 N–H and O–H groups in total. The molecular formula is C15H21N7O. The molecule has 2 aromatic heterocycles. The Bertz CT molecular complexity index is 712. The van der Waals surface area contributed by atoms with Gasteiger partial charge in [0, 0.05) is 33.1 Å². The van der Waals surface area contributed by atoms with E-state index in [0.29, 0.717) is 30.4 Å². The van der Waals surface area contributed by atoms with Gasteiger partial charge in [0.1, 0.15) is 17.3 Å². The predicted octanol–water partition coefficient (Wildman–Crippen LogP) is 1.14. The van der Waals surface area contributed by atoms with Crippen LogP contribution in [0.2, 0.25) is 0 Å². The molecule has 1 saturated heterocycles. The Hall–Kier alpha value is -2.48. The van der Waals surface area contributed by atoms with E-state index < -0.39 is 0 Å². The lowest BCUT2D eigenvalue weighted by Crippen LogP contribution is -2.44. The topological polar surface area (TPSA) is 92.0 Å². The van der Waals surface area contributed by atoms with Crippen LogP contribution in [0.15, 0.2) is 12.3 Å². The monoisotopic (exact) mass is 315 g/mol. The lowest BCUT2D eigenvalue weighted by Gasteiger charge is -2.35. The van der Waals surface area contributed by atoms with Gasteiger partial charge < -0.3 is 20.4 Å². The van der Waals surface area contributed by atoms with Gasteiger partial charge in [0.05, 0.1) is 24.8 Å². The third-order valence-electron chi connectivity index (χ3n) is 4.00. The van der Waals surface area contributed by atoms with Crippen LogP contribution < -0.4 is 10.2 Å². The Kier molecular flexibility index (Phi) is 4.24. The summed E-state index contributed by atoms with van der Waals surface area (Å²) in [5.41, 5.74) is 1.52. The van der Waals surface area contributed by atoms with Gasteiger partial charge in [-0.15, -0.1) is 0 Å². The van der Waals surface area contributed by atoms with Crippen molar-refractivity contribution in [1.82, 2.24) is 19.7 Å². The van der Waals surface area contributed by atoms with E-state index >= 15 is 0 Å². The van der Waals surface area contributed by atoms with Gasteiger partial charge in [-0.1, -0.05) is 0 Å². The molecule has 2 aromatic rings. The Morgan fingerprint density at radius 3 is 2.87 bits per heavy atom. The summed E-state index contributed by atoms with van der Waals surface area (Å²) in [7, 11) is 3.66. The van der Waals surface area contributed by atoms with Crippen molar-refractivity contribution in [3.8, 4) is 11.5 Å². The van der Waals surface area contributed by atoms with E-state index in [4.69, 9.17) is 15.1 Å². The molecule has 1 aliphatic heterocycles. The van der Waals surface area contributed by atoms with Crippen molar-refractivity contribution in [3.05, 3.63) is 17.8 Å². The molecule has 23 heavy (non-hydrogen) atoms. The summed E-state index contributed by atoms with van der Waals surface area (Å²) in [6, 6.07) is 2.08. The van der Waals surface area contributed by atoms with Crippen LogP contribution in [0.25, 0.3) is 11.5 Å². The highest BCUT2D eigenvalue weighted by Crippen LogP contribution is 2.28. The van der Waals surface area contributed by atoms with Gasteiger partial charge in [0.25, 0.3) is 0 Å². The molecule has 1 atom stereocenters. The molecule has 3 heterocycles. The van der Waals surface area contributed by atoms with Crippen molar-refractivity contribution in [2.75, 3.05) is 37.0 Å². The van der Waals surface area contributed by atoms with Crippen LogP contribution in [-0.2, 0) is 11.8 Å². The van der Waals surface area contributed by atoms with E-state index in [1.54, 1.807) is 17.9 Å². The highest BCUT2D eigenvalue weighted by atomic mass is 16.5. The van der Waals surface area contributed by atoms with Crippen molar-refractivity contribution in [1.29, 1.82) is 5.41 Å². The molecule has 0 aliphatic carbocycles. The molecule has 3 rings (SSSR count). The van der Waals surface area contributed by atoms with Crippen molar-refractivity contribution < 1.29 is 4.74 Å². The first kappa shape index (κ1) is 15.4. The van der Waals surface area contributed by atoms with Crippen LogP contribution in [0.5, 0.6) is 0 Å². The molecule has 1 fully saturated rings. The van der Waals surface area contributed by atoms with Crippen LogP contribution in [0.3, 0.4) is 0 Å². The Morgan fingerprint density at radius 1 is 1.43 bits per heavy atom. The number of nitrogens with zero attached hydrogens (tertiary/aromatic N) is 5. The van der Waals surface area contributed by atoms with Gasteiger partial charge >= 0.3 is 0 Å². The Labute approximate surface area is 135 Å². The molecule has 0 amide bonds. The maximum Gasteiger partial charge on any atom is 0.181 e. The van der Waals surface area contributed by atoms with Crippen LogP contribution in [0, 0.1) is 5.41 Å². The zero-order chi connectivity index (χ0) is 16.4. The molecule has 8 heteroatoms. The van der Waals surface area contributed by atoms with Gasteiger partial charge in [-0.25, -0.2) is 9.97 Å². The second-order valence-electron chi connectivity index (χ2n) is 5.48. The smallest absolute Gasteiger partial charge is 0.181 e. The number of anilines is 2. The van der Waals surface area contributed by atoms with Crippen LogP contribution in [0.4, 0.5) is 11.6 Å². The first-order valence-corrected chi connectivity index (χ1v) is 7.58. The number of nitrogens with one attached hydrogen (secondary N) is 2. The first-order chi connectivity index (χ1) is 11.2. The van der Waals surface area contributed by atoms with Gasteiger partial charge in [0.2, 0.25) is 0 Å². The highest BCUT2D eigenvalue weighted by Gasteiger charge is 2.25. The molecule has 0 radical (unpaired) electrons. The highest BCUT2D eigenvalue weighted by molar-refractivity contribution is 5.92. The van der Waals surface area contributed by atoms with Crippen molar-refractivity contribution in [3.63, 3.8) is 0 Å². The number of ether oxygens (including phenoxy) is 1. The molecule has 0 aromatic carbocycles. The summed E-state index contributed by atoms with van der Waals surface area (Å²) < 4.78 is 7.25. The van der Waals surface area contributed by atoms with Gasteiger partial charge in [-0.3, -0.25) is 4.68 Å². The minimum absolute atomic E-state index is 0.196. The number of rotatable bonds is 4. The molecular weight excluding hydrogens is 294 g/mol. The Balaban J connectivity index is 2.16. The average molecular weight is 315 g/mol. The molecule has 0 saturated carbocycles. The third-order valence-corrected chi connectivity index (χ3v) is 4.00. The largest absolute Gasteiger partial charge is 0.377 e. The molecule has 122 valence electrons. The van der Waals surface area contributed by atoms with Crippen LogP contribution >= 0.6 is 0 Å². The molecule has 1 aliphatic rings. The lowest BCUT2D eigenvalue weighted by molar-refractivity contribution is 0.0985. The minimum Gasteiger partial charge on any atom is -0.377 e. The fourth-order valence-corrected chi connectivity index (χ4v) is 2.75. The van der Waals surface area contributed by atoms with E-state index in [1.165, 1.54) is 6.21 Å². The summed E-state index contributed by atoms with van der Waals surface area (Å²) in [4.78, 5) is 11.5. The van der Waals surface area contributed by atoms with Gasteiger partial charge in [-0.2, -0.15) is 5.10 Å². The molecule has 0 unspecified atom stereocenters.